The summed E-state index contributed by atoms with van der Waals surface area (Å²) in [7, 11) is 3.51. The summed E-state index contributed by atoms with van der Waals surface area (Å²) in [6.07, 6.45) is 4.59. The van der Waals surface area contributed by atoms with Gasteiger partial charge in [-0.3, -0.25) is 4.79 Å². The highest BCUT2D eigenvalue weighted by Gasteiger charge is 2.06. The molecule has 0 aliphatic carbocycles. The monoisotopic (exact) mass is 216 g/mol. The molecule has 15 heavy (non-hydrogen) atoms. The number of unbranched alkanes of at least 4 members (excludes halogenated alkanes) is 2. The summed E-state index contributed by atoms with van der Waals surface area (Å²) in [5.74, 6) is 0.208. The Kier molecular flexibility index (Phi) is 9.52. The van der Waals surface area contributed by atoms with Gasteiger partial charge in [-0.25, -0.2) is 0 Å². The van der Waals surface area contributed by atoms with E-state index in [2.05, 4.69) is 0 Å². The van der Waals surface area contributed by atoms with Crippen LogP contribution >= 0.6 is 0 Å². The number of nitrogens with zero attached hydrogens (tertiary/aromatic N) is 1. The Morgan fingerprint density at radius 1 is 1.27 bits per heavy atom. The molecule has 0 fully saturated rings. The third kappa shape index (κ3) is 8.39. The zero-order valence-corrected chi connectivity index (χ0v) is 10.00. The molecule has 90 valence electrons. The lowest BCUT2D eigenvalue weighted by molar-refractivity contribution is -0.130. The Labute approximate surface area is 92.8 Å². The molecule has 1 amide bonds. The molecule has 0 rings (SSSR count). The van der Waals surface area contributed by atoms with Crippen LogP contribution in [0.2, 0.25) is 0 Å². The van der Waals surface area contributed by atoms with Crippen LogP contribution in [0.1, 0.15) is 32.1 Å². The van der Waals surface area contributed by atoms with Gasteiger partial charge in [0, 0.05) is 33.7 Å². The molecule has 0 aromatic carbocycles. The molecule has 4 nitrogen and oxygen atoms in total. The number of amides is 1. The second-order valence-electron chi connectivity index (χ2n) is 3.76. The van der Waals surface area contributed by atoms with E-state index >= 15 is 0 Å². The van der Waals surface area contributed by atoms with Crippen LogP contribution < -0.4 is 5.73 Å². The van der Waals surface area contributed by atoms with Crippen molar-refractivity contribution in [1.29, 1.82) is 0 Å². The van der Waals surface area contributed by atoms with Crippen LogP contribution in [-0.4, -0.2) is 44.7 Å². The number of nitrogens with two attached hydrogens (primary N) is 1. The maximum Gasteiger partial charge on any atom is 0.222 e. The molecular weight excluding hydrogens is 192 g/mol. The Bertz CT molecular complexity index is 163. The minimum atomic E-state index is 0.208. The first-order valence-electron chi connectivity index (χ1n) is 5.65. The fourth-order valence-corrected chi connectivity index (χ4v) is 1.35. The highest BCUT2D eigenvalue weighted by molar-refractivity contribution is 5.75. The van der Waals surface area contributed by atoms with Crippen LogP contribution in [0.15, 0.2) is 0 Å². The van der Waals surface area contributed by atoms with Crippen molar-refractivity contribution in [3.63, 3.8) is 0 Å². The van der Waals surface area contributed by atoms with Crippen molar-refractivity contribution >= 4 is 5.91 Å². The minimum Gasteiger partial charge on any atom is -0.385 e. The van der Waals surface area contributed by atoms with Gasteiger partial charge in [-0.2, -0.15) is 0 Å². The topological polar surface area (TPSA) is 55.6 Å². The van der Waals surface area contributed by atoms with Crippen LogP contribution in [0.5, 0.6) is 0 Å². The van der Waals surface area contributed by atoms with Gasteiger partial charge in [0.1, 0.15) is 0 Å². The van der Waals surface area contributed by atoms with Crippen molar-refractivity contribution in [2.75, 3.05) is 33.9 Å². The summed E-state index contributed by atoms with van der Waals surface area (Å²) < 4.78 is 4.90. The maximum absolute atomic E-state index is 11.5. The van der Waals surface area contributed by atoms with Crippen molar-refractivity contribution in [2.24, 2.45) is 5.73 Å². The largest absolute Gasteiger partial charge is 0.385 e. The first kappa shape index (κ1) is 14.4. The Morgan fingerprint density at radius 2 is 2.00 bits per heavy atom. The number of hydrogen-bond acceptors (Lipinski definition) is 3. The van der Waals surface area contributed by atoms with Gasteiger partial charge in [-0.1, -0.05) is 6.42 Å². The zero-order valence-electron chi connectivity index (χ0n) is 10.00. The van der Waals surface area contributed by atoms with Crippen LogP contribution in [0.25, 0.3) is 0 Å². The van der Waals surface area contributed by atoms with Gasteiger partial charge in [0.2, 0.25) is 5.91 Å². The molecule has 2 N–H and O–H groups in total. The molecule has 0 aromatic heterocycles. The molecule has 4 heteroatoms. The van der Waals surface area contributed by atoms with Gasteiger partial charge in [-0.05, 0) is 25.8 Å². The fourth-order valence-electron chi connectivity index (χ4n) is 1.35. The van der Waals surface area contributed by atoms with E-state index in [1.807, 2.05) is 7.05 Å². The second-order valence-corrected chi connectivity index (χ2v) is 3.76. The smallest absolute Gasteiger partial charge is 0.222 e. The molecule has 0 aliphatic rings. The quantitative estimate of drug-likeness (QED) is 0.585. The predicted octanol–water partition coefficient (Wildman–Crippen LogP) is 1.00. The van der Waals surface area contributed by atoms with Crippen molar-refractivity contribution in [3.05, 3.63) is 0 Å². The summed E-state index contributed by atoms with van der Waals surface area (Å²) in [4.78, 5) is 13.3. The first-order chi connectivity index (χ1) is 7.22. The third-order valence-corrected chi connectivity index (χ3v) is 2.36. The van der Waals surface area contributed by atoms with E-state index < -0.39 is 0 Å². The minimum absolute atomic E-state index is 0.208. The standard InChI is InChI=1S/C11H24N2O2/c1-13(9-5-3-4-8-12)11(14)7-6-10-15-2/h3-10,12H2,1-2H3. The Morgan fingerprint density at radius 3 is 2.60 bits per heavy atom. The molecule has 0 aromatic rings. The summed E-state index contributed by atoms with van der Waals surface area (Å²) in [6, 6.07) is 0. The van der Waals surface area contributed by atoms with Crippen LogP contribution in [0.4, 0.5) is 0 Å². The maximum atomic E-state index is 11.5. The number of carbonyl (C=O) groups excluding carboxylic acids is 1. The summed E-state index contributed by atoms with van der Waals surface area (Å²) in [5.41, 5.74) is 5.39. The van der Waals surface area contributed by atoms with Gasteiger partial charge in [-0.15, -0.1) is 0 Å². The van der Waals surface area contributed by atoms with Crippen molar-refractivity contribution in [2.45, 2.75) is 32.1 Å². The van der Waals surface area contributed by atoms with Crippen molar-refractivity contribution < 1.29 is 9.53 Å². The summed E-state index contributed by atoms with van der Waals surface area (Å²) in [6.45, 7) is 2.24. The van der Waals surface area contributed by atoms with Crippen molar-refractivity contribution in [1.82, 2.24) is 4.90 Å². The Balaban J connectivity index is 3.42. The van der Waals surface area contributed by atoms with Gasteiger partial charge in [0.25, 0.3) is 0 Å². The van der Waals surface area contributed by atoms with Gasteiger partial charge < -0.3 is 15.4 Å². The average Bonchev–Trinajstić information content (AvgIpc) is 2.24. The average molecular weight is 216 g/mol. The number of ether oxygens (including phenoxy) is 1. The van der Waals surface area contributed by atoms with E-state index in [1.54, 1.807) is 12.0 Å². The van der Waals surface area contributed by atoms with E-state index in [0.29, 0.717) is 13.0 Å². The molecule has 0 saturated heterocycles. The van der Waals surface area contributed by atoms with E-state index in [-0.39, 0.29) is 5.91 Å². The molecule has 0 radical (unpaired) electrons. The van der Waals surface area contributed by atoms with E-state index in [1.165, 1.54) is 0 Å². The zero-order chi connectivity index (χ0) is 11.5. The molecule has 0 unspecified atom stereocenters. The van der Waals surface area contributed by atoms with Crippen molar-refractivity contribution in [3.8, 4) is 0 Å². The molecule has 0 saturated carbocycles. The molecule has 0 heterocycles. The molecular formula is C11H24N2O2. The highest BCUT2D eigenvalue weighted by atomic mass is 16.5. The van der Waals surface area contributed by atoms with Gasteiger partial charge >= 0.3 is 0 Å². The molecule has 0 atom stereocenters. The predicted molar refractivity (Wildman–Crippen MR) is 61.7 cm³/mol. The van der Waals surface area contributed by atoms with E-state index in [9.17, 15) is 4.79 Å². The van der Waals surface area contributed by atoms with Gasteiger partial charge in [0.15, 0.2) is 0 Å². The summed E-state index contributed by atoms with van der Waals surface area (Å²) in [5, 5.41) is 0. The number of carbonyl (C=O) groups is 1. The number of rotatable bonds is 9. The number of methoxy groups -OCH3 is 1. The summed E-state index contributed by atoms with van der Waals surface area (Å²) >= 11 is 0. The Hall–Kier alpha value is -0.610. The van der Waals surface area contributed by atoms with Gasteiger partial charge in [0.05, 0.1) is 0 Å². The lowest BCUT2D eigenvalue weighted by Gasteiger charge is -2.16. The van der Waals surface area contributed by atoms with Crippen LogP contribution in [0, 0.1) is 0 Å². The van der Waals surface area contributed by atoms with Crippen LogP contribution in [-0.2, 0) is 9.53 Å². The second kappa shape index (κ2) is 9.93. The van der Waals surface area contributed by atoms with E-state index in [0.717, 1.165) is 38.8 Å². The normalized spacial score (nSPS) is 10.3. The van der Waals surface area contributed by atoms with E-state index in [4.69, 9.17) is 10.5 Å². The SMILES string of the molecule is COCCCC(=O)N(C)CCCCCN. The number of hydrogen-bond donors (Lipinski definition) is 1. The lowest BCUT2D eigenvalue weighted by atomic mass is 10.2. The highest BCUT2D eigenvalue weighted by Crippen LogP contribution is 2.00. The first-order valence-corrected chi connectivity index (χ1v) is 5.65. The molecule has 0 aliphatic heterocycles. The fraction of sp³-hybridized carbons (Fsp3) is 0.909. The molecule has 0 bridgehead atoms. The molecule has 0 spiro atoms. The van der Waals surface area contributed by atoms with Crippen LogP contribution in [0.3, 0.4) is 0 Å². The third-order valence-electron chi connectivity index (χ3n) is 2.36. The lowest BCUT2D eigenvalue weighted by Crippen LogP contribution is -2.27.